The number of aromatic nitrogens is 3. The minimum absolute atomic E-state index is 0.0128. The van der Waals surface area contributed by atoms with Gasteiger partial charge in [-0.1, -0.05) is 29.8 Å². The van der Waals surface area contributed by atoms with Gasteiger partial charge in [-0.15, -0.1) is 5.10 Å². The zero-order valence-electron chi connectivity index (χ0n) is 19.6. The molecule has 1 N–H and O–H groups in total. The molecule has 0 bridgehead atoms. The third kappa shape index (κ3) is 4.93. The number of nitrogens with zero attached hydrogens (tertiary/aromatic N) is 4. The maximum atomic E-state index is 15.3. The first-order valence-corrected chi connectivity index (χ1v) is 13.0. The van der Waals surface area contributed by atoms with E-state index in [0.717, 1.165) is 0 Å². The molecule has 0 unspecified atom stereocenters. The van der Waals surface area contributed by atoms with Gasteiger partial charge in [0.25, 0.3) is 5.56 Å². The number of hydrogen-bond acceptors (Lipinski definition) is 6. The number of nitrogens with one attached hydrogen (secondary N) is 1. The zero-order valence-corrected chi connectivity index (χ0v) is 21.1. The largest absolute Gasteiger partial charge is 0.495 e. The standard InChI is InChI=1S/C25H21ClFN5O4S/c1-36-23-13-19(16-4-7-18(26)8-5-16)20(27)14-22(23)32-21-10-12-31(15-17(21)6-9-25(32)33)37(34,35)30-24-3-2-11-28-29-24/h2-9,11,13-14H,10,12,15H2,1H3,(H,29,30). The molecule has 1 aliphatic heterocycles. The summed E-state index contributed by atoms with van der Waals surface area (Å²) in [6, 6.07) is 15.5. The second-order valence-electron chi connectivity index (χ2n) is 8.29. The van der Waals surface area contributed by atoms with Crippen molar-refractivity contribution in [2.24, 2.45) is 0 Å². The number of methoxy groups -OCH3 is 1. The van der Waals surface area contributed by atoms with Gasteiger partial charge in [0.15, 0.2) is 5.82 Å². The highest BCUT2D eigenvalue weighted by Crippen LogP contribution is 2.34. The molecular weight excluding hydrogens is 521 g/mol. The van der Waals surface area contributed by atoms with E-state index in [2.05, 4.69) is 14.9 Å². The lowest BCUT2D eigenvalue weighted by Crippen LogP contribution is -2.41. The molecule has 3 heterocycles. The maximum Gasteiger partial charge on any atom is 0.303 e. The lowest BCUT2D eigenvalue weighted by Gasteiger charge is -2.30. The van der Waals surface area contributed by atoms with Gasteiger partial charge < -0.3 is 4.74 Å². The number of benzene rings is 2. The van der Waals surface area contributed by atoms with Gasteiger partial charge in [0.2, 0.25) is 0 Å². The van der Waals surface area contributed by atoms with Crippen LogP contribution >= 0.6 is 11.6 Å². The molecule has 0 aliphatic carbocycles. The first-order chi connectivity index (χ1) is 17.8. The van der Waals surface area contributed by atoms with Crippen LogP contribution in [0.4, 0.5) is 10.2 Å². The summed E-state index contributed by atoms with van der Waals surface area (Å²) in [6.45, 7) is 0.110. The Hall–Kier alpha value is -3.80. The van der Waals surface area contributed by atoms with E-state index >= 15 is 4.39 Å². The predicted octanol–water partition coefficient (Wildman–Crippen LogP) is 3.81. The summed E-state index contributed by atoms with van der Waals surface area (Å²) in [7, 11) is -2.49. The summed E-state index contributed by atoms with van der Waals surface area (Å²) in [5.74, 6) is -0.156. The number of fused-ring (bicyclic) bond motifs is 1. The highest BCUT2D eigenvalue weighted by Gasteiger charge is 2.30. The van der Waals surface area contributed by atoms with E-state index in [4.69, 9.17) is 16.3 Å². The third-order valence-corrected chi connectivity index (χ3v) is 7.75. The Morgan fingerprint density at radius 1 is 1.11 bits per heavy atom. The van der Waals surface area contributed by atoms with Crippen LogP contribution in [0.15, 0.2) is 71.7 Å². The highest BCUT2D eigenvalue weighted by atomic mass is 35.5. The van der Waals surface area contributed by atoms with E-state index in [1.54, 1.807) is 36.4 Å². The van der Waals surface area contributed by atoms with Crippen LogP contribution in [0.5, 0.6) is 5.75 Å². The van der Waals surface area contributed by atoms with Crippen molar-refractivity contribution in [3.8, 4) is 22.6 Å². The van der Waals surface area contributed by atoms with E-state index < -0.39 is 16.0 Å². The van der Waals surface area contributed by atoms with Gasteiger partial charge >= 0.3 is 10.2 Å². The van der Waals surface area contributed by atoms with Gasteiger partial charge in [-0.25, -0.2) is 4.39 Å². The number of hydrogen-bond donors (Lipinski definition) is 1. The minimum atomic E-state index is -3.93. The fourth-order valence-electron chi connectivity index (χ4n) is 4.29. The Bertz CT molecular complexity index is 1630. The van der Waals surface area contributed by atoms with Crippen LogP contribution in [0.1, 0.15) is 11.3 Å². The van der Waals surface area contributed by atoms with Gasteiger partial charge in [-0.05, 0) is 41.5 Å². The fourth-order valence-corrected chi connectivity index (χ4v) is 5.56. The molecule has 2 aromatic heterocycles. The minimum Gasteiger partial charge on any atom is -0.495 e. The maximum absolute atomic E-state index is 15.3. The number of halogens is 2. The van der Waals surface area contributed by atoms with Crippen molar-refractivity contribution in [1.82, 2.24) is 19.1 Å². The number of pyridine rings is 1. The van der Waals surface area contributed by atoms with Gasteiger partial charge in [-0.3, -0.25) is 14.1 Å². The van der Waals surface area contributed by atoms with Crippen LogP contribution in [0.2, 0.25) is 5.02 Å². The molecule has 9 nitrogen and oxygen atoms in total. The van der Waals surface area contributed by atoms with Crippen molar-refractivity contribution in [3.05, 3.63) is 99.3 Å². The summed E-state index contributed by atoms with van der Waals surface area (Å²) in [5, 5.41) is 7.96. The van der Waals surface area contributed by atoms with E-state index in [1.165, 1.54) is 46.4 Å². The zero-order chi connectivity index (χ0) is 26.2. The Balaban J connectivity index is 1.52. The van der Waals surface area contributed by atoms with Crippen LogP contribution in [-0.4, -0.2) is 41.1 Å². The molecule has 0 saturated heterocycles. The number of rotatable bonds is 6. The van der Waals surface area contributed by atoms with Crippen molar-refractivity contribution in [3.63, 3.8) is 0 Å². The van der Waals surface area contributed by atoms with Crippen molar-refractivity contribution >= 4 is 27.6 Å². The molecule has 190 valence electrons. The second-order valence-corrected chi connectivity index (χ2v) is 10.4. The summed E-state index contributed by atoms with van der Waals surface area (Å²) in [5.41, 5.74) is 1.93. The van der Waals surface area contributed by atoms with Crippen molar-refractivity contribution in [1.29, 1.82) is 0 Å². The van der Waals surface area contributed by atoms with Crippen LogP contribution in [0.3, 0.4) is 0 Å². The average molecular weight is 542 g/mol. The predicted molar refractivity (Wildman–Crippen MR) is 138 cm³/mol. The van der Waals surface area contributed by atoms with E-state index in [-0.39, 0.29) is 36.6 Å². The van der Waals surface area contributed by atoms with Gasteiger partial charge in [0.1, 0.15) is 11.6 Å². The van der Waals surface area contributed by atoms with Gasteiger partial charge in [0.05, 0.1) is 12.8 Å². The first kappa shape index (κ1) is 24.9. The van der Waals surface area contributed by atoms with Crippen molar-refractivity contribution in [2.45, 2.75) is 13.0 Å². The van der Waals surface area contributed by atoms with Gasteiger partial charge in [0, 0.05) is 54.1 Å². The molecule has 0 spiro atoms. The average Bonchev–Trinajstić information content (AvgIpc) is 2.89. The molecule has 0 saturated carbocycles. The van der Waals surface area contributed by atoms with Crippen LogP contribution in [0.25, 0.3) is 16.8 Å². The normalized spacial score (nSPS) is 13.7. The smallest absolute Gasteiger partial charge is 0.303 e. The lowest BCUT2D eigenvalue weighted by atomic mass is 10.0. The molecule has 12 heteroatoms. The molecule has 2 aromatic carbocycles. The number of anilines is 1. The molecule has 0 atom stereocenters. The first-order valence-electron chi connectivity index (χ1n) is 11.2. The van der Waals surface area contributed by atoms with Crippen LogP contribution < -0.4 is 15.0 Å². The summed E-state index contributed by atoms with van der Waals surface area (Å²) in [4.78, 5) is 13.0. The summed E-state index contributed by atoms with van der Waals surface area (Å²) in [6.07, 6.45) is 1.66. The molecular formula is C25H21ClFN5O4S. The highest BCUT2D eigenvalue weighted by molar-refractivity contribution is 7.90. The third-order valence-electron chi connectivity index (χ3n) is 6.04. The van der Waals surface area contributed by atoms with Crippen molar-refractivity contribution < 1.29 is 17.5 Å². The molecule has 0 radical (unpaired) electrons. The molecule has 0 fully saturated rings. The molecule has 5 rings (SSSR count). The quantitative estimate of drug-likeness (QED) is 0.398. The lowest BCUT2D eigenvalue weighted by molar-refractivity contribution is 0.385. The molecule has 1 aliphatic rings. The van der Waals surface area contributed by atoms with Crippen molar-refractivity contribution in [2.75, 3.05) is 18.4 Å². The molecule has 37 heavy (non-hydrogen) atoms. The Morgan fingerprint density at radius 2 is 1.89 bits per heavy atom. The van der Waals surface area contributed by atoms with Crippen LogP contribution in [-0.2, 0) is 23.2 Å². The van der Waals surface area contributed by atoms with Crippen LogP contribution in [0, 0.1) is 5.82 Å². The summed E-state index contributed by atoms with van der Waals surface area (Å²) < 4.78 is 51.7. The van der Waals surface area contributed by atoms with E-state index in [9.17, 15) is 13.2 Å². The Labute approximate surface area is 217 Å². The molecule has 0 amide bonds. The van der Waals surface area contributed by atoms with E-state index in [0.29, 0.717) is 33.2 Å². The van der Waals surface area contributed by atoms with E-state index in [1.807, 2.05) is 0 Å². The molecule has 4 aromatic rings. The number of ether oxygens (including phenoxy) is 1. The SMILES string of the molecule is COc1cc(-c2ccc(Cl)cc2)c(F)cc1-n1c2c(ccc1=O)CN(S(=O)(=O)Nc1cccnn1)CC2. The monoisotopic (exact) mass is 541 g/mol. The van der Waals surface area contributed by atoms with Gasteiger partial charge in [-0.2, -0.15) is 17.8 Å². The Kier molecular flexibility index (Phi) is 6.67. The fraction of sp³-hybridized carbons (Fsp3) is 0.160. The Morgan fingerprint density at radius 3 is 2.59 bits per heavy atom. The second kappa shape index (κ2) is 9.92. The topological polar surface area (TPSA) is 106 Å². The summed E-state index contributed by atoms with van der Waals surface area (Å²) >= 11 is 5.96.